The third-order valence-electron chi connectivity index (χ3n) is 2.63. The van der Waals surface area contributed by atoms with Gasteiger partial charge in [0.05, 0.1) is 11.0 Å². The van der Waals surface area contributed by atoms with Gasteiger partial charge in [0, 0.05) is 18.1 Å². The molecular weight excluding hydrogens is 206 g/mol. The lowest BCUT2D eigenvalue weighted by atomic mass is 9.93. The summed E-state index contributed by atoms with van der Waals surface area (Å²) in [6, 6.07) is 5.95. The van der Waals surface area contributed by atoms with Crippen LogP contribution >= 0.6 is 0 Å². The number of nitrogens with zero attached hydrogens (tertiary/aromatic N) is 1. The second-order valence-corrected chi connectivity index (χ2v) is 3.60. The number of rotatable bonds is 5. The van der Waals surface area contributed by atoms with Gasteiger partial charge in [0.25, 0.3) is 5.69 Å². The molecule has 0 unspecified atom stereocenters. The lowest BCUT2D eigenvalue weighted by molar-refractivity contribution is -0.384. The van der Waals surface area contributed by atoms with Crippen LogP contribution in [0.2, 0.25) is 0 Å². The number of hydrogen-bond acceptors (Lipinski definition) is 3. The first-order chi connectivity index (χ1) is 7.60. The van der Waals surface area contributed by atoms with E-state index in [1.807, 2.05) is 6.92 Å². The first kappa shape index (κ1) is 12.4. The lowest BCUT2D eigenvalue weighted by Crippen LogP contribution is -2.09. The van der Waals surface area contributed by atoms with Crippen molar-refractivity contribution in [3.63, 3.8) is 0 Å². The van der Waals surface area contributed by atoms with Crippen LogP contribution < -0.4 is 0 Å². The molecule has 16 heavy (non-hydrogen) atoms. The largest absolute Gasteiger partial charge is 0.388 e. The molecule has 0 saturated carbocycles. The van der Waals surface area contributed by atoms with Gasteiger partial charge in [0.15, 0.2) is 0 Å². The fourth-order valence-corrected chi connectivity index (χ4v) is 1.56. The summed E-state index contributed by atoms with van der Waals surface area (Å²) in [6.45, 7) is 5.62. The molecule has 0 aliphatic rings. The van der Waals surface area contributed by atoms with Crippen molar-refractivity contribution in [3.05, 3.63) is 52.6 Å². The molecule has 0 spiro atoms. The highest BCUT2D eigenvalue weighted by atomic mass is 16.6. The average Bonchev–Trinajstić information content (AvgIpc) is 2.30. The van der Waals surface area contributed by atoms with Crippen molar-refractivity contribution in [2.45, 2.75) is 19.4 Å². The Morgan fingerprint density at radius 3 is 2.44 bits per heavy atom. The molecule has 0 radical (unpaired) electrons. The van der Waals surface area contributed by atoms with E-state index in [0.29, 0.717) is 5.56 Å². The van der Waals surface area contributed by atoms with Crippen LogP contribution in [-0.4, -0.2) is 10.0 Å². The van der Waals surface area contributed by atoms with Crippen LogP contribution in [-0.2, 0) is 0 Å². The minimum absolute atomic E-state index is 0.0264. The minimum Gasteiger partial charge on any atom is -0.388 e. The van der Waals surface area contributed by atoms with Crippen molar-refractivity contribution in [2.24, 2.45) is 5.92 Å². The summed E-state index contributed by atoms with van der Waals surface area (Å²) in [5.74, 6) is -0.0264. The molecule has 0 aliphatic carbocycles. The molecule has 0 heterocycles. The zero-order valence-electron chi connectivity index (χ0n) is 9.17. The van der Waals surface area contributed by atoms with Gasteiger partial charge in [0.1, 0.15) is 0 Å². The Labute approximate surface area is 94.4 Å². The molecule has 1 aromatic carbocycles. The number of hydrogen-bond donors (Lipinski definition) is 1. The molecule has 0 bridgehead atoms. The molecular formula is C12H15NO3. The first-order valence-corrected chi connectivity index (χ1v) is 5.15. The molecule has 0 fully saturated rings. The molecule has 1 N–H and O–H groups in total. The maximum atomic E-state index is 10.5. The van der Waals surface area contributed by atoms with Crippen molar-refractivity contribution in [1.82, 2.24) is 0 Å². The summed E-state index contributed by atoms with van der Waals surface area (Å²) in [6.07, 6.45) is 1.83. The summed E-state index contributed by atoms with van der Waals surface area (Å²) >= 11 is 0. The number of aliphatic hydroxyl groups excluding tert-OH is 1. The van der Waals surface area contributed by atoms with Crippen LogP contribution in [0.3, 0.4) is 0 Å². The van der Waals surface area contributed by atoms with Gasteiger partial charge in [0.2, 0.25) is 0 Å². The smallest absolute Gasteiger partial charge is 0.269 e. The van der Waals surface area contributed by atoms with Crippen molar-refractivity contribution in [3.8, 4) is 0 Å². The van der Waals surface area contributed by atoms with E-state index >= 15 is 0 Å². The molecule has 0 saturated heterocycles. The Bertz CT molecular complexity index is 372. The second-order valence-electron chi connectivity index (χ2n) is 3.60. The van der Waals surface area contributed by atoms with Gasteiger partial charge in [-0.15, -0.1) is 6.58 Å². The van der Waals surface area contributed by atoms with Gasteiger partial charge < -0.3 is 5.11 Å². The highest BCUT2D eigenvalue weighted by Gasteiger charge is 2.16. The van der Waals surface area contributed by atoms with Crippen LogP contribution in [0.1, 0.15) is 25.0 Å². The maximum Gasteiger partial charge on any atom is 0.269 e. The normalized spacial score (nSPS) is 14.1. The summed E-state index contributed by atoms with van der Waals surface area (Å²) in [4.78, 5) is 10.00. The summed E-state index contributed by atoms with van der Waals surface area (Å²) in [7, 11) is 0. The van der Waals surface area contributed by atoms with Crippen LogP contribution in [0.15, 0.2) is 36.9 Å². The minimum atomic E-state index is -0.650. The molecule has 0 aromatic heterocycles. The van der Waals surface area contributed by atoms with Crippen LogP contribution in [0, 0.1) is 16.0 Å². The third kappa shape index (κ3) is 2.67. The molecule has 2 atom stereocenters. The van der Waals surface area contributed by atoms with Crippen molar-refractivity contribution in [2.75, 3.05) is 0 Å². The number of aliphatic hydroxyl groups is 1. The quantitative estimate of drug-likeness (QED) is 0.472. The van der Waals surface area contributed by atoms with E-state index in [2.05, 4.69) is 6.58 Å². The highest BCUT2D eigenvalue weighted by Crippen LogP contribution is 2.26. The topological polar surface area (TPSA) is 63.4 Å². The SMILES string of the molecule is C=C[C@@H](CC)[C@@H](O)c1ccc([N+](=O)[O-])cc1. The second kappa shape index (κ2) is 5.42. The van der Waals surface area contributed by atoms with E-state index in [4.69, 9.17) is 0 Å². The lowest BCUT2D eigenvalue weighted by Gasteiger charge is -2.17. The van der Waals surface area contributed by atoms with E-state index in [0.717, 1.165) is 6.42 Å². The number of non-ortho nitro benzene ring substituents is 1. The van der Waals surface area contributed by atoms with E-state index in [1.165, 1.54) is 12.1 Å². The summed E-state index contributed by atoms with van der Waals surface area (Å²) in [5, 5.41) is 20.4. The number of nitro benzene ring substituents is 1. The molecule has 86 valence electrons. The van der Waals surface area contributed by atoms with Gasteiger partial charge in [-0.2, -0.15) is 0 Å². The Hall–Kier alpha value is -1.68. The van der Waals surface area contributed by atoms with E-state index in [1.54, 1.807) is 18.2 Å². The molecule has 4 heteroatoms. The van der Waals surface area contributed by atoms with Crippen LogP contribution in [0.4, 0.5) is 5.69 Å². The summed E-state index contributed by atoms with van der Waals surface area (Å²) < 4.78 is 0. The first-order valence-electron chi connectivity index (χ1n) is 5.15. The Morgan fingerprint density at radius 2 is 2.06 bits per heavy atom. The number of nitro groups is 1. The Morgan fingerprint density at radius 1 is 1.50 bits per heavy atom. The van der Waals surface area contributed by atoms with E-state index in [9.17, 15) is 15.2 Å². The zero-order chi connectivity index (χ0) is 12.1. The fourth-order valence-electron chi connectivity index (χ4n) is 1.56. The Balaban J connectivity index is 2.88. The third-order valence-corrected chi connectivity index (χ3v) is 2.63. The molecule has 1 aromatic rings. The zero-order valence-corrected chi connectivity index (χ0v) is 9.17. The van der Waals surface area contributed by atoms with Crippen molar-refractivity contribution >= 4 is 5.69 Å². The van der Waals surface area contributed by atoms with Crippen LogP contribution in [0.25, 0.3) is 0 Å². The van der Waals surface area contributed by atoms with Gasteiger partial charge in [-0.25, -0.2) is 0 Å². The van der Waals surface area contributed by atoms with E-state index in [-0.39, 0.29) is 11.6 Å². The van der Waals surface area contributed by atoms with Gasteiger partial charge in [-0.1, -0.05) is 13.0 Å². The van der Waals surface area contributed by atoms with E-state index < -0.39 is 11.0 Å². The predicted molar refractivity (Wildman–Crippen MR) is 62.0 cm³/mol. The Kier molecular flexibility index (Phi) is 4.19. The monoisotopic (exact) mass is 221 g/mol. The van der Waals surface area contributed by atoms with Crippen molar-refractivity contribution in [1.29, 1.82) is 0 Å². The molecule has 1 rings (SSSR count). The fraction of sp³-hybridized carbons (Fsp3) is 0.333. The predicted octanol–water partition coefficient (Wildman–Crippen LogP) is 2.84. The average molecular weight is 221 g/mol. The van der Waals surface area contributed by atoms with Crippen LogP contribution in [0.5, 0.6) is 0 Å². The van der Waals surface area contributed by atoms with Gasteiger partial charge in [-0.3, -0.25) is 10.1 Å². The number of benzene rings is 1. The highest BCUT2D eigenvalue weighted by molar-refractivity contribution is 5.34. The van der Waals surface area contributed by atoms with Crippen molar-refractivity contribution < 1.29 is 10.0 Å². The molecule has 0 amide bonds. The summed E-state index contributed by atoms with van der Waals surface area (Å²) in [5.41, 5.74) is 0.708. The standard InChI is InChI=1S/C12H15NO3/c1-3-9(4-2)12(14)10-5-7-11(8-6-10)13(15)16/h3,5-9,12,14H,1,4H2,2H3/t9-,12+/m0/s1. The molecule has 0 aliphatic heterocycles. The maximum absolute atomic E-state index is 10.5. The molecule has 4 nitrogen and oxygen atoms in total. The van der Waals surface area contributed by atoms with Gasteiger partial charge >= 0.3 is 0 Å². The van der Waals surface area contributed by atoms with Gasteiger partial charge in [-0.05, 0) is 24.1 Å².